The molecule has 3 N–H and O–H groups in total. The van der Waals surface area contributed by atoms with Gasteiger partial charge in [0.15, 0.2) is 0 Å². The van der Waals surface area contributed by atoms with E-state index >= 15 is 0 Å². The fraction of sp³-hybridized carbons (Fsp3) is 0.583. The SMILES string of the molecule is CN1CCN(C)C(CNc2ccncc2N)C1. The summed E-state index contributed by atoms with van der Waals surface area (Å²) in [5.74, 6) is 0. The molecule has 94 valence electrons. The van der Waals surface area contributed by atoms with Gasteiger partial charge in [0.05, 0.1) is 17.6 Å². The second kappa shape index (κ2) is 5.33. The first-order chi connectivity index (χ1) is 8.16. The van der Waals surface area contributed by atoms with Gasteiger partial charge in [-0.1, -0.05) is 0 Å². The van der Waals surface area contributed by atoms with E-state index in [-0.39, 0.29) is 0 Å². The lowest BCUT2D eigenvalue weighted by Gasteiger charge is -2.37. The molecule has 1 aromatic heterocycles. The molecule has 0 aromatic carbocycles. The standard InChI is InChI=1S/C12H21N5/c1-16-5-6-17(2)10(9-16)7-15-12-3-4-14-8-11(12)13/h3-4,8,10H,5-7,9,13H2,1-2H3,(H,14,15). The highest BCUT2D eigenvalue weighted by Gasteiger charge is 2.21. The number of piperazine rings is 1. The van der Waals surface area contributed by atoms with Crippen LogP contribution in [0.4, 0.5) is 11.4 Å². The lowest BCUT2D eigenvalue weighted by molar-refractivity contribution is 0.122. The number of hydrogen-bond acceptors (Lipinski definition) is 5. The summed E-state index contributed by atoms with van der Waals surface area (Å²) < 4.78 is 0. The van der Waals surface area contributed by atoms with Crippen LogP contribution in [0.3, 0.4) is 0 Å². The molecule has 1 fully saturated rings. The minimum Gasteiger partial charge on any atom is -0.396 e. The maximum absolute atomic E-state index is 5.85. The van der Waals surface area contributed by atoms with E-state index in [1.54, 1.807) is 12.4 Å². The zero-order valence-corrected chi connectivity index (χ0v) is 10.6. The van der Waals surface area contributed by atoms with Gasteiger partial charge in [0, 0.05) is 38.4 Å². The maximum Gasteiger partial charge on any atom is 0.0736 e. The van der Waals surface area contributed by atoms with E-state index in [4.69, 9.17) is 5.73 Å². The molecule has 5 nitrogen and oxygen atoms in total. The Kier molecular flexibility index (Phi) is 3.81. The molecule has 2 heterocycles. The minimum atomic E-state index is 0.529. The van der Waals surface area contributed by atoms with Crippen molar-refractivity contribution in [1.82, 2.24) is 14.8 Å². The number of nitrogen functional groups attached to an aromatic ring is 1. The molecule has 0 radical (unpaired) electrons. The first kappa shape index (κ1) is 12.1. The molecule has 1 aliphatic heterocycles. The van der Waals surface area contributed by atoms with E-state index in [1.165, 1.54) is 0 Å². The van der Waals surface area contributed by atoms with E-state index < -0.39 is 0 Å². The number of likely N-dealkylation sites (N-methyl/N-ethyl adjacent to an activating group) is 2. The van der Waals surface area contributed by atoms with Crippen molar-refractivity contribution in [3.8, 4) is 0 Å². The smallest absolute Gasteiger partial charge is 0.0736 e. The first-order valence-corrected chi connectivity index (χ1v) is 5.99. The quantitative estimate of drug-likeness (QED) is 0.790. The maximum atomic E-state index is 5.85. The fourth-order valence-electron chi connectivity index (χ4n) is 2.12. The normalized spacial score (nSPS) is 22.6. The van der Waals surface area contributed by atoms with Crippen molar-refractivity contribution in [3.63, 3.8) is 0 Å². The Morgan fingerprint density at radius 3 is 3.06 bits per heavy atom. The van der Waals surface area contributed by atoms with Gasteiger partial charge < -0.3 is 16.0 Å². The summed E-state index contributed by atoms with van der Waals surface area (Å²) in [6, 6.07) is 2.45. The van der Waals surface area contributed by atoms with Crippen LogP contribution in [0.15, 0.2) is 18.5 Å². The molecule has 2 rings (SSSR count). The summed E-state index contributed by atoms with van der Waals surface area (Å²) in [6.45, 7) is 4.27. The molecule has 0 saturated carbocycles. The van der Waals surface area contributed by atoms with Crippen molar-refractivity contribution in [2.24, 2.45) is 0 Å². The summed E-state index contributed by atoms with van der Waals surface area (Å²) in [4.78, 5) is 8.74. The van der Waals surface area contributed by atoms with Gasteiger partial charge >= 0.3 is 0 Å². The van der Waals surface area contributed by atoms with Crippen molar-refractivity contribution >= 4 is 11.4 Å². The lowest BCUT2D eigenvalue weighted by Crippen LogP contribution is -2.52. The largest absolute Gasteiger partial charge is 0.396 e. The van der Waals surface area contributed by atoms with Crippen LogP contribution in [0.2, 0.25) is 0 Å². The highest BCUT2D eigenvalue weighted by molar-refractivity contribution is 5.64. The molecule has 1 saturated heterocycles. The molecule has 5 heteroatoms. The number of hydrogen-bond donors (Lipinski definition) is 2. The number of nitrogens with one attached hydrogen (secondary N) is 1. The first-order valence-electron chi connectivity index (χ1n) is 5.99. The van der Waals surface area contributed by atoms with Gasteiger partial charge in [0.1, 0.15) is 0 Å². The molecular weight excluding hydrogens is 214 g/mol. The van der Waals surface area contributed by atoms with Gasteiger partial charge in [-0.3, -0.25) is 9.88 Å². The Bertz CT molecular complexity index is 368. The summed E-state index contributed by atoms with van der Waals surface area (Å²) in [7, 11) is 4.34. The van der Waals surface area contributed by atoms with Gasteiger partial charge in [0.2, 0.25) is 0 Å². The number of aromatic nitrogens is 1. The van der Waals surface area contributed by atoms with Crippen LogP contribution in [0.5, 0.6) is 0 Å². The number of pyridine rings is 1. The predicted octanol–water partition coefficient (Wildman–Crippen LogP) is 0.322. The highest BCUT2D eigenvalue weighted by Crippen LogP contribution is 2.16. The second-order valence-electron chi connectivity index (χ2n) is 4.74. The third-order valence-electron chi connectivity index (χ3n) is 3.36. The molecule has 0 aliphatic carbocycles. The Hall–Kier alpha value is -1.33. The van der Waals surface area contributed by atoms with E-state index in [0.29, 0.717) is 11.7 Å². The van der Waals surface area contributed by atoms with Gasteiger partial charge in [-0.25, -0.2) is 0 Å². The Labute approximate surface area is 103 Å². The fourth-order valence-corrected chi connectivity index (χ4v) is 2.12. The molecule has 17 heavy (non-hydrogen) atoms. The third kappa shape index (κ3) is 3.08. The predicted molar refractivity (Wildman–Crippen MR) is 71.1 cm³/mol. The number of anilines is 2. The van der Waals surface area contributed by atoms with E-state index in [9.17, 15) is 0 Å². The van der Waals surface area contributed by atoms with Crippen molar-refractivity contribution < 1.29 is 0 Å². The molecule has 0 spiro atoms. The highest BCUT2D eigenvalue weighted by atomic mass is 15.3. The third-order valence-corrected chi connectivity index (χ3v) is 3.36. The van der Waals surface area contributed by atoms with E-state index in [1.807, 2.05) is 6.07 Å². The van der Waals surface area contributed by atoms with Crippen LogP contribution in [0, 0.1) is 0 Å². The zero-order valence-electron chi connectivity index (χ0n) is 10.6. The van der Waals surface area contributed by atoms with Crippen LogP contribution in [-0.4, -0.2) is 61.1 Å². The minimum absolute atomic E-state index is 0.529. The molecule has 1 aliphatic rings. The lowest BCUT2D eigenvalue weighted by atomic mass is 10.2. The van der Waals surface area contributed by atoms with E-state index in [0.717, 1.165) is 31.9 Å². The van der Waals surface area contributed by atoms with E-state index in [2.05, 4.69) is 34.2 Å². The average Bonchev–Trinajstić information content (AvgIpc) is 2.32. The second-order valence-corrected chi connectivity index (χ2v) is 4.74. The van der Waals surface area contributed by atoms with Crippen LogP contribution in [0.1, 0.15) is 0 Å². The molecule has 1 atom stereocenters. The number of nitrogens with zero attached hydrogens (tertiary/aromatic N) is 3. The average molecular weight is 235 g/mol. The topological polar surface area (TPSA) is 57.4 Å². The molecule has 1 unspecified atom stereocenters. The van der Waals surface area contributed by atoms with Gasteiger partial charge in [0.25, 0.3) is 0 Å². The van der Waals surface area contributed by atoms with Crippen molar-refractivity contribution in [3.05, 3.63) is 18.5 Å². The number of nitrogens with two attached hydrogens (primary N) is 1. The van der Waals surface area contributed by atoms with Crippen molar-refractivity contribution in [2.45, 2.75) is 6.04 Å². The van der Waals surface area contributed by atoms with Crippen LogP contribution < -0.4 is 11.1 Å². The van der Waals surface area contributed by atoms with Crippen LogP contribution in [0.25, 0.3) is 0 Å². The van der Waals surface area contributed by atoms with Gasteiger partial charge in [-0.15, -0.1) is 0 Å². The Morgan fingerprint density at radius 2 is 2.29 bits per heavy atom. The van der Waals surface area contributed by atoms with Gasteiger partial charge in [-0.05, 0) is 20.2 Å². The summed E-state index contributed by atoms with van der Waals surface area (Å²) in [6.07, 6.45) is 3.44. The molecule has 0 amide bonds. The van der Waals surface area contributed by atoms with Gasteiger partial charge in [-0.2, -0.15) is 0 Å². The summed E-state index contributed by atoms with van der Waals surface area (Å²) in [5.41, 5.74) is 7.53. The molecular formula is C12H21N5. The van der Waals surface area contributed by atoms with Crippen molar-refractivity contribution in [1.29, 1.82) is 0 Å². The zero-order chi connectivity index (χ0) is 12.3. The summed E-state index contributed by atoms with van der Waals surface area (Å²) >= 11 is 0. The van der Waals surface area contributed by atoms with Crippen molar-refractivity contribution in [2.75, 3.05) is 51.3 Å². The summed E-state index contributed by atoms with van der Waals surface area (Å²) in [5, 5.41) is 3.40. The van der Waals surface area contributed by atoms with Crippen LogP contribution in [-0.2, 0) is 0 Å². The molecule has 0 bridgehead atoms. The monoisotopic (exact) mass is 235 g/mol. The Morgan fingerprint density at radius 1 is 1.47 bits per heavy atom. The Balaban J connectivity index is 1.91. The van der Waals surface area contributed by atoms with Crippen LogP contribution >= 0.6 is 0 Å². The molecule has 1 aromatic rings. The number of rotatable bonds is 3.